The third kappa shape index (κ3) is 1.32. The average Bonchev–Trinajstić information content (AvgIpc) is 3.10. The molecule has 0 aliphatic carbocycles. The van der Waals surface area contributed by atoms with Gasteiger partial charge in [-0.25, -0.2) is 0 Å². The highest BCUT2D eigenvalue weighted by Crippen LogP contribution is 2.15. The van der Waals surface area contributed by atoms with Gasteiger partial charge in [-0.2, -0.15) is 4.57 Å². The maximum atomic E-state index is 5.30. The molecule has 0 atom stereocenters. The molecule has 2 N–H and O–H groups in total. The number of aryl methyl sites for hydroxylation is 2. The number of nitrogens with one attached hydrogen (secondary N) is 2. The van der Waals surface area contributed by atoms with Crippen LogP contribution in [0, 0.1) is 0 Å². The van der Waals surface area contributed by atoms with Crippen LogP contribution in [-0.4, -0.2) is 9.97 Å². The number of hydrogen-bond donors (Lipinski definition) is 2. The fourth-order valence-corrected chi connectivity index (χ4v) is 2.41. The van der Waals surface area contributed by atoms with Crippen LogP contribution in [0.25, 0.3) is 11.2 Å². The zero-order valence-corrected chi connectivity index (χ0v) is 9.76. The van der Waals surface area contributed by atoms with Crippen molar-refractivity contribution in [2.45, 2.75) is 19.6 Å². The van der Waals surface area contributed by atoms with E-state index in [1.165, 1.54) is 5.65 Å². The molecule has 0 saturated heterocycles. The minimum atomic E-state index is 0.637. The summed E-state index contributed by atoms with van der Waals surface area (Å²) in [6, 6.07) is 3.83. The molecule has 0 spiro atoms. The molecule has 0 bridgehead atoms. The first-order chi connectivity index (χ1) is 8.92. The molecule has 4 rings (SSSR count). The van der Waals surface area contributed by atoms with Crippen molar-refractivity contribution in [3.8, 4) is 0 Å². The van der Waals surface area contributed by atoms with Gasteiger partial charge in [0.2, 0.25) is 5.52 Å². The van der Waals surface area contributed by atoms with Crippen molar-refractivity contribution in [3.63, 3.8) is 0 Å². The number of imidazole rings is 1. The minimum absolute atomic E-state index is 0.637. The zero-order chi connectivity index (χ0) is 11.9. The zero-order valence-electron chi connectivity index (χ0n) is 9.76. The van der Waals surface area contributed by atoms with Gasteiger partial charge in [0, 0.05) is 4.98 Å². The van der Waals surface area contributed by atoms with E-state index in [0.29, 0.717) is 6.54 Å². The first-order valence-electron chi connectivity index (χ1n) is 5.97. The van der Waals surface area contributed by atoms with Crippen molar-refractivity contribution in [1.29, 1.82) is 0 Å². The van der Waals surface area contributed by atoms with Crippen molar-refractivity contribution in [2.24, 2.45) is 0 Å². The highest BCUT2D eigenvalue weighted by Gasteiger charge is 2.30. The Balaban J connectivity index is 1.71. The summed E-state index contributed by atoms with van der Waals surface area (Å²) in [5.41, 5.74) is 2.23. The first-order valence-corrected chi connectivity index (χ1v) is 5.97. The molecule has 4 heterocycles. The summed E-state index contributed by atoms with van der Waals surface area (Å²) in [6.45, 7) is 2.63. The van der Waals surface area contributed by atoms with Crippen LogP contribution >= 0.6 is 0 Å². The molecule has 0 amide bonds. The van der Waals surface area contributed by atoms with Gasteiger partial charge < -0.3 is 14.7 Å². The molecule has 0 fully saturated rings. The van der Waals surface area contributed by atoms with E-state index >= 15 is 0 Å². The molecule has 6 heteroatoms. The van der Waals surface area contributed by atoms with Gasteiger partial charge in [-0.1, -0.05) is 0 Å². The Morgan fingerprint density at radius 2 is 2.33 bits per heavy atom. The molecule has 0 unspecified atom stereocenters. The Labute approximate surface area is 103 Å². The summed E-state index contributed by atoms with van der Waals surface area (Å²) in [4.78, 5) is 7.71. The lowest BCUT2D eigenvalue weighted by Crippen LogP contribution is -2.32. The topological polar surface area (TPSA) is 61.6 Å². The summed E-state index contributed by atoms with van der Waals surface area (Å²) in [5.74, 6) is 1.76. The van der Waals surface area contributed by atoms with Gasteiger partial charge in [-0.15, -0.1) is 4.57 Å². The predicted molar refractivity (Wildman–Crippen MR) is 62.5 cm³/mol. The van der Waals surface area contributed by atoms with Crippen LogP contribution in [0.4, 0.5) is 5.82 Å². The van der Waals surface area contributed by atoms with Crippen molar-refractivity contribution in [3.05, 3.63) is 36.8 Å². The Kier molecular flexibility index (Phi) is 1.91. The van der Waals surface area contributed by atoms with Gasteiger partial charge in [0.05, 0.1) is 12.8 Å². The fraction of sp³-hybridized carbons (Fsp3) is 0.250. The van der Waals surface area contributed by atoms with E-state index < -0.39 is 0 Å². The second-order valence-corrected chi connectivity index (χ2v) is 4.38. The SMILES string of the molecule is c1coc(CNc2nc[n+]3c4c2[nH]c[n+]4CC3)c1. The van der Waals surface area contributed by atoms with Crippen LogP contribution in [0.3, 0.4) is 0 Å². The van der Waals surface area contributed by atoms with Gasteiger partial charge in [0.1, 0.15) is 5.76 Å². The summed E-state index contributed by atoms with van der Waals surface area (Å²) in [7, 11) is 0. The molecule has 90 valence electrons. The molecule has 1 aliphatic rings. The van der Waals surface area contributed by atoms with E-state index in [2.05, 4.69) is 24.4 Å². The maximum absolute atomic E-state index is 5.30. The van der Waals surface area contributed by atoms with Gasteiger partial charge in [-0.05, 0) is 12.1 Å². The number of H-pyrrole nitrogens is 1. The Morgan fingerprint density at radius 3 is 3.22 bits per heavy atom. The predicted octanol–water partition coefficient (Wildman–Crippen LogP) is 0.357. The average molecular weight is 243 g/mol. The van der Waals surface area contributed by atoms with E-state index in [-0.39, 0.29) is 0 Å². The fourth-order valence-electron chi connectivity index (χ4n) is 2.41. The van der Waals surface area contributed by atoms with Gasteiger partial charge in [0.25, 0.3) is 0 Å². The molecule has 18 heavy (non-hydrogen) atoms. The van der Waals surface area contributed by atoms with E-state index in [9.17, 15) is 0 Å². The number of rotatable bonds is 3. The molecule has 0 saturated carbocycles. The van der Waals surface area contributed by atoms with Crippen LogP contribution in [0.1, 0.15) is 5.76 Å². The number of furan rings is 1. The maximum Gasteiger partial charge on any atom is 0.372 e. The van der Waals surface area contributed by atoms with Gasteiger partial charge in [0.15, 0.2) is 19.4 Å². The number of hydrogen-bond acceptors (Lipinski definition) is 3. The first kappa shape index (κ1) is 9.64. The molecule has 6 nitrogen and oxygen atoms in total. The van der Waals surface area contributed by atoms with E-state index in [1.54, 1.807) is 6.26 Å². The molecule has 1 aliphatic heterocycles. The van der Waals surface area contributed by atoms with E-state index in [0.717, 1.165) is 30.2 Å². The van der Waals surface area contributed by atoms with E-state index in [1.807, 2.05) is 24.8 Å². The molecule has 0 aromatic carbocycles. The second kappa shape index (κ2) is 3.56. The van der Waals surface area contributed by atoms with Crippen LogP contribution < -0.4 is 14.5 Å². The van der Waals surface area contributed by atoms with Crippen molar-refractivity contribution in [2.75, 3.05) is 5.32 Å². The van der Waals surface area contributed by atoms with Gasteiger partial charge >= 0.3 is 17.8 Å². The summed E-state index contributed by atoms with van der Waals surface area (Å²) >= 11 is 0. The van der Waals surface area contributed by atoms with Crippen molar-refractivity contribution in [1.82, 2.24) is 9.97 Å². The second-order valence-electron chi connectivity index (χ2n) is 4.38. The highest BCUT2D eigenvalue weighted by molar-refractivity contribution is 5.77. The van der Waals surface area contributed by atoms with Crippen LogP contribution in [-0.2, 0) is 19.6 Å². The molecule has 3 aromatic heterocycles. The molecule has 0 radical (unpaired) electrons. The Morgan fingerprint density at radius 1 is 1.39 bits per heavy atom. The standard InChI is InChI=1S/C12H11N5O/c1-2-9(18-5-1)6-13-11-10-12-16(7-14-10)3-4-17(12)8-15-11/h1-2,5,7-8H,3-4,6H2/p+2. The lowest BCUT2D eigenvalue weighted by Gasteiger charge is -1.97. The third-order valence-electron chi connectivity index (χ3n) is 3.29. The number of nitrogens with zero attached hydrogens (tertiary/aromatic N) is 3. The number of anilines is 1. The molecule has 3 aromatic rings. The summed E-state index contributed by atoms with van der Waals surface area (Å²) in [6.07, 6.45) is 5.55. The highest BCUT2D eigenvalue weighted by atomic mass is 16.3. The van der Waals surface area contributed by atoms with Gasteiger partial charge in [-0.3, -0.25) is 0 Å². The summed E-state index contributed by atoms with van der Waals surface area (Å²) in [5, 5.41) is 3.30. The Hall–Kier alpha value is -2.37. The van der Waals surface area contributed by atoms with E-state index in [4.69, 9.17) is 4.42 Å². The van der Waals surface area contributed by atoms with Crippen LogP contribution in [0.2, 0.25) is 0 Å². The quantitative estimate of drug-likeness (QED) is 0.653. The van der Waals surface area contributed by atoms with Crippen LogP contribution in [0.5, 0.6) is 0 Å². The molecular formula is C12H13N5O+2. The lowest BCUT2D eigenvalue weighted by atomic mass is 10.4. The number of aromatic amines is 1. The number of aromatic nitrogens is 4. The smallest absolute Gasteiger partial charge is 0.372 e. The third-order valence-corrected chi connectivity index (χ3v) is 3.29. The lowest BCUT2D eigenvalue weighted by molar-refractivity contribution is -0.685. The molecular weight excluding hydrogens is 230 g/mol. The van der Waals surface area contributed by atoms with Crippen molar-refractivity contribution < 1.29 is 13.6 Å². The normalized spacial score (nSPS) is 13.3. The minimum Gasteiger partial charge on any atom is -0.467 e. The largest absolute Gasteiger partial charge is 0.467 e. The summed E-state index contributed by atoms with van der Waals surface area (Å²) < 4.78 is 9.66. The monoisotopic (exact) mass is 243 g/mol. The van der Waals surface area contributed by atoms with Crippen LogP contribution in [0.15, 0.2) is 35.5 Å². The van der Waals surface area contributed by atoms with Crippen molar-refractivity contribution >= 4 is 17.0 Å². The Bertz CT molecular complexity index is 701.